The van der Waals surface area contributed by atoms with E-state index in [0.717, 1.165) is 24.4 Å². The van der Waals surface area contributed by atoms with Crippen molar-refractivity contribution in [1.29, 1.82) is 0 Å². The molecule has 1 heterocycles. The van der Waals surface area contributed by atoms with Gasteiger partial charge in [0.2, 0.25) is 0 Å². The van der Waals surface area contributed by atoms with E-state index in [2.05, 4.69) is 61.2 Å². The third-order valence-corrected chi connectivity index (χ3v) is 3.27. The van der Waals surface area contributed by atoms with E-state index in [1.807, 2.05) is 12.1 Å². The molecule has 2 aromatic rings. The first-order valence-corrected chi connectivity index (χ1v) is 6.80. The minimum Gasteiger partial charge on any atom is -0.491 e. The van der Waals surface area contributed by atoms with Crippen molar-refractivity contribution in [1.82, 2.24) is 4.57 Å². The summed E-state index contributed by atoms with van der Waals surface area (Å²) >= 11 is 0. The second-order valence-electron chi connectivity index (χ2n) is 4.83. The van der Waals surface area contributed by atoms with E-state index in [9.17, 15) is 0 Å². The van der Waals surface area contributed by atoms with Crippen LogP contribution in [-0.2, 0) is 13.6 Å². The van der Waals surface area contributed by atoms with Gasteiger partial charge in [0.1, 0.15) is 5.75 Å². The SMILES string of the molecule is CCC(C)Oc1cccc(NCc2cccn2C)c1. The molecule has 0 aliphatic rings. The molecule has 3 heteroatoms. The molecule has 0 aliphatic carbocycles. The molecule has 0 fully saturated rings. The number of nitrogens with one attached hydrogen (secondary N) is 1. The van der Waals surface area contributed by atoms with Crippen LogP contribution in [0.2, 0.25) is 0 Å². The zero-order valence-corrected chi connectivity index (χ0v) is 11.9. The smallest absolute Gasteiger partial charge is 0.121 e. The van der Waals surface area contributed by atoms with Crippen molar-refractivity contribution in [2.75, 3.05) is 5.32 Å². The summed E-state index contributed by atoms with van der Waals surface area (Å²) < 4.78 is 7.94. The Labute approximate surface area is 115 Å². The van der Waals surface area contributed by atoms with Gasteiger partial charge >= 0.3 is 0 Å². The molecular weight excluding hydrogens is 236 g/mol. The fourth-order valence-electron chi connectivity index (χ4n) is 1.87. The minimum atomic E-state index is 0.253. The van der Waals surface area contributed by atoms with E-state index < -0.39 is 0 Å². The molecule has 0 spiro atoms. The van der Waals surface area contributed by atoms with Crippen LogP contribution in [0.15, 0.2) is 42.6 Å². The average molecular weight is 258 g/mol. The van der Waals surface area contributed by atoms with E-state index >= 15 is 0 Å². The predicted molar refractivity (Wildman–Crippen MR) is 79.6 cm³/mol. The standard InChI is InChI=1S/C16H22N2O/c1-4-13(2)19-16-9-5-7-14(11-16)17-12-15-8-6-10-18(15)3/h5-11,13,17H,4,12H2,1-3H3. The molecular formula is C16H22N2O. The Kier molecular flexibility index (Phi) is 4.50. The number of hydrogen-bond acceptors (Lipinski definition) is 2. The molecule has 1 aromatic carbocycles. The maximum absolute atomic E-state index is 5.82. The van der Waals surface area contributed by atoms with E-state index in [0.29, 0.717) is 0 Å². The Morgan fingerprint density at radius 2 is 2.11 bits per heavy atom. The van der Waals surface area contributed by atoms with Crippen molar-refractivity contribution in [3.63, 3.8) is 0 Å². The summed E-state index contributed by atoms with van der Waals surface area (Å²) in [6, 6.07) is 12.3. The normalized spacial score (nSPS) is 12.2. The third-order valence-electron chi connectivity index (χ3n) is 3.27. The highest BCUT2D eigenvalue weighted by Gasteiger charge is 2.02. The van der Waals surface area contributed by atoms with Crippen molar-refractivity contribution >= 4 is 5.69 Å². The fraction of sp³-hybridized carbons (Fsp3) is 0.375. The Hall–Kier alpha value is -1.90. The van der Waals surface area contributed by atoms with Crippen LogP contribution in [0.5, 0.6) is 5.75 Å². The lowest BCUT2D eigenvalue weighted by Crippen LogP contribution is -2.10. The molecule has 0 radical (unpaired) electrons. The molecule has 0 bridgehead atoms. The largest absolute Gasteiger partial charge is 0.491 e. The van der Waals surface area contributed by atoms with Gasteiger partial charge in [0, 0.05) is 30.7 Å². The molecule has 1 aromatic heterocycles. The minimum absolute atomic E-state index is 0.253. The zero-order chi connectivity index (χ0) is 13.7. The summed E-state index contributed by atoms with van der Waals surface area (Å²) in [7, 11) is 2.06. The fourth-order valence-corrected chi connectivity index (χ4v) is 1.87. The maximum atomic E-state index is 5.82. The molecule has 3 nitrogen and oxygen atoms in total. The number of rotatable bonds is 6. The second kappa shape index (κ2) is 6.32. The third kappa shape index (κ3) is 3.78. The van der Waals surface area contributed by atoms with Crippen molar-refractivity contribution < 1.29 is 4.74 Å². The second-order valence-corrected chi connectivity index (χ2v) is 4.83. The molecule has 1 unspecified atom stereocenters. The van der Waals surface area contributed by atoms with E-state index in [-0.39, 0.29) is 6.10 Å². The van der Waals surface area contributed by atoms with Gasteiger partial charge in [-0.2, -0.15) is 0 Å². The first-order valence-electron chi connectivity index (χ1n) is 6.80. The molecule has 0 aliphatic heterocycles. The topological polar surface area (TPSA) is 26.2 Å². The van der Waals surface area contributed by atoms with Gasteiger partial charge in [-0.25, -0.2) is 0 Å². The number of hydrogen-bond donors (Lipinski definition) is 1. The van der Waals surface area contributed by atoms with Gasteiger partial charge in [0.25, 0.3) is 0 Å². The lowest BCUT2D eigenvalue weighted by Gasteiger charge is -2.14. The molecule has 102 valence electrons. The Bertz CT molecular complexity index is 519. The van der Waals surface area contributed by atoms with Gasteiger partial charge in [-0.05, 0) is 37.6 Å². The number of anilines is 1. The number of benzene rings is 1. The monoisotopic (exact) mass is 258 g/mol. The van der Waals surface area contributed by atoms with Gasteiger partial charge < -0.3 is 14.6 Å². The van der Waals surface area contributed by atoms with Crippen LogP contribution in [0.3, 0.4) is 0 Å². The van der Waals surface area contributed by atoms with Gasteiger partial charge in [0.15, 0.2) is 0 Å². The van der Waals surface area contributed by atoms with Crippen LogP contribution < -0.4 is 10.1 Å². The summed E-state index contributed by atoms with van der Waals surface area (Å²) in [5.41, 5.74) is 2.34. The van der Waals surface area contributed by atoms with Crippen LogP contribution >= 0.6 is 0 Å². The summed E-state index contributed by atoms with van der Waals surface area (Å²) in [5.74, 6) is 0.922. The highest BCUT2D eigenvalue weighted by atomic mass is 16.5. The van der Waals surface area contributed by atoms with Crippen LogP contribution in [0.25, 0.3) is 0 Å². The van der Waals surface area contributed by atoms with Crippen molar-refractivity contribution in [3.8, 4) is 5.75 Å². The van der Waals surface area contributed by atoms with Crippen molar-refractivity contribution in [2.45, 2.75) is 32.9 Å². The maximum Gasteiger partial charge on any atom is 0.121 e. The van der Waals surface area contributed by atoms with Crippen molar-refractivity contribution in [2.24, 2.45) is 7.05 Å². The van der Waals surface area contributed by atoms with Crippen LogP contribution in [0.1, 0.15) is 26.0 Å². The number of aryl methyl sites for hydroxylation is 1. The van der Waals surface area contributed by atoms with Crippen molar-refractivity contribution in [3.05, 3.63) is 48.3 Å². The molecule has 0 amide bonds. The summed E-state index contributed by atoms with van der Waals surface area (Å²) in [6.45, 7) is 5.03. The van der Waals surface area contributed by atoms with Crippen LogP contribution in [-0.4, -0.2) is 10.7 Å². The van der Waals surface area contributed by atoms with E-state index in [1.165, 1.54) is 5.69 Å². The number of ether oxygens (including phenoxy) is 1. The van der Waals surface area contributed by atoms with Gasteiger partial charge in [-0.3, -0.25) is 0 Å². The molecule has 1 N–H and O–H groups in total. The first kappa shape index (κ1) is 13.5. The zero-order valence-electron chi connectivity index (χ0n) is 11.9. The first-order chi connectivity index (χ1) is 9.19. The van der Waals surface area contributed by atoms with E-state index in [1.54, 1.807) is 0 Å². The predicted octanol–water partition coefficient (Wildman–Crippen LogP) is 3.81. The summed E-state index contributed by atoms with van der Waals surface area (Å²) in [4.78, 5) is 0. The molecule has 2 rings (SSSR count). The summed E-state index contributed by atoms with van der Waals surface area (Å²) in [5, 5.41) is 3.42. The summed E-state index contributed by atoms with van der Waals surface area (Å²) in [6.07, 6.45) is 3.32. The molecule has 0 saturated heterocycles. The lowest BCUT2D eigenvalue weighted by atomic mass is 10.2. The average Bonchev–Trinajstić information content (AvgIpc) is 2.82. The van der Waals surface area contributed by atoms with Crippen LogP contribution in [0.4, 0.5) is 5.69 Å². The lowest BCUT2D eigenvalue weighted by molar-refractivity contribution is 0.217. The highest BCUT2D eigenvalue weighted by Crippen LogP contribution is 2.19. The molecule has 1 atom stereocenters. The quantitative estimate of drug-likeness (QED) is 0.852. The molecule has 19 heavy (non-hydrogen) atoms. The van der Waals surface area contributed by atoms with E-state index in [4.69, 9.17) is 4.74 Å². The van der Waals surface area contributed by atoms with Gasteiger partial charge in [-0.15, -0.1) is 0 Å². The number of aromatic nitrogens is 1. The Morgan fingerprint density at radius 1 is 1.26 bits per heavy atom. The van der Waals surface area contributed by atoms with Gasteiger partial charge in [0.05, 0.1) is 12.6 Å². The number of nitrogens with zero attached hydrogens (tertiary/aromatic N) is 1. The molecule has 0 saturated carbocycles. The van der Waals surface area contributed by atoms with Gasteiger partial charge in [-0.1, -0.05) is 13.0 Å². The Morgan fingerprint density at radius 3 is 2.79 bits per heavy atom. The Balaban J connectivity index is 1.97. The highest BCUT2D eigenvalue weighted by molar-refractivity contribution is 5.48. The van der Waals surface area contributed by atoms with Crippen LogP contribution in [0, 0.1) is 0 Å².